The van der Waals surface area contributed by atoms with Gasteiger partial charge in [-0.15, -0.1) is 11.3 Å². The van der Waals surface area contributed by atoms with Crippen molar-refractivity contribution in [2.45, 2.75) is 51.1 Å². The average Bonchev–Trinajstić information content (AvgIpc) is 2.96. The molecular formula is C17H23N3OS. The van der Waals surface area contributed by atoms with Gasteiger partial charge in [-0.05, 0) is 24.5 Å². The largest absolute Gasteiger partial charge is 0.348 e. The summed E-state index contributed by atoms with van der Waals surface area (Å²) in [7, 11) is 0. The molecule has 4 nitrogen and oxygen atoms in total. The number of fused-ring (bicyclic) bond motifs is 1. The lowest BCUT2D eigenvalue weighted by Crippen LogP contribution is -2.41. The second-order valence-corrected chi connectivity index (χ2v) is 7.25. The highest BCUT2D eigenvalue weighted by Crippen LogP contribution is 2.27. The average molecular weight is 317 g/mol. The van der Waals surface area contributed by atoms with Crippen LogP contribution in [0.1, 0.15) is 43.5 Å². The van der Waals surface area contributed by atoms with E-state index in [2.05, 4.69) is 10.3 Å². The van der Waals surface area contributed by atoms with Gasteiger partial charge in [0.15, 0.2) is 0 Å². The molecule has 5 heteroatoms. The molecule has 2 aromatic rings. The van der Waals surface area contributed by atoms with Crippen LogP contribution in [0.5, 0.6) is 0 Å². The van der Waals surface area contributed by atoms with Crippen molar-refractivity contribution in [2.75, 3.05) is 0 Å². The quantitative estimate of drug-likeness (QED) is 0.890. The molecule has 1 amide bonds. The van der Waals surface area contributed by atoms with E-state index in [0.717, 1.165) is 21.6 Å². The maximum absolute atomic E-state index is 12.1. The third-order valence-electron chi connectivity index (χ3n) is 4.40. The highest BCUT2D eigenvalue weighted by molar-refractivity contribution is 7.18. The number of carbonyl (C=O) groups excluding carboxylic acids is 1. The minimum Gasteiger partial charge on any atom is -0.348 e. The van der Waals surface area contributed by atoms with Crippen molar-refractivity contribution in [1.82, 2.24) is 10.3 Å². The minimum atomic E-state index is -0.391. The van der Waals surface area contributed by atoms with Crippen molar-refractivity contribution in [3.63, 3.8) is 0 Å². The summed E-state index contributed by atoms with van der Waals surface area (Å²) in [5.74, 6) is 0.571. The van der Waals surface area contributed by atoms with Crippen LogP contribution in [0.4, 0.5) is 0 Å². The van der Waals surface area contributed by atoms with Crippen LogP contribution in [-0.4, -0.2) is 16.9 Å². The summed E-state index contributed by atoms with van der Waals surface area (Å²) in [6, 6.07) is 7.63. The summed E-state index contributed by atoms with van der Waals surface area (Å²) in [6.45, 7) is 0.469. The summed E-state index contributed by atoms with van der Waals surface area (Å²) in [6.07, 6.45) is 7.15. The molecule has 0 aliphatic heterocycles. The van der Waals surface area contributed by atoms with Gasteiger partial charge in [0.25, 0.3) is 0 Å². The zero-order valence-electron chi connectivity index (χ0n) is 12.8. The van der Waals surface area contributed by atoms with Gasteiger partial charge in [-0.1, -0.05) is 44.2 Å². The van der Waals surface area contributed by atoms with E-state index in [0.29, 0.717) is 12.5 Å². The van der Waals surface area contributed by atoms with E-state index in [9.17, 15) is 4.79 Å². The molecule has 1 aliphatic carbocycles. The molecule has 1 aliphatic rings. The van der Waals surface area contributed by atoms with Gasteiger partial charge >= 0.3 is 0 Å². The Hall–Kier alpha value is -1.46. The SMILES string of the molecule is NC(CC1CCCCC1)C(=O)NCc1nc2ccccc2s1. The van der Waals surface area contributed by atoms with Gasteiger partial charge in [0.2, 0.25) is 5.91 Å². The molecule has 0 saturated heterocycles. The third kappa shape index (κ3) is 3.84. The molecular weight excluding hydrogens is 294 g/mol. The first kappa shape index (κ1) is 15.4. The summed E-state index contributed by atoms with van der Waals surface area (Å²) < 4.78 is 1.15. The molecule has 22 heavy (non-hydrogen) atoms. The smallest absolute Gasteiger partial charge is 0.237 e. The van der Waals surface area contributed by atoms with Gasteiger partial charge in [-0.2, -0.15) is 0 Å². The lowest BCUT2D eigenvalue weighted by molar-refractivity contribution is -0.122. The summed E-state index contributed by atoms with van der Waals surface area (Å²) >= 11 is 1.62. The molecule has 3 N–H and O–H groups in total. The van der Waals surface area contributed by atoms with E-state index in [1.54, 1.807) is 11.3 Å². The Morgan fingerprint density at radius 3 is 2.86 bits per heavy atom. The van der Waals surface area contributed by atoms with E-state index in [4.69, 9.17) is 5.73 Å². The summed E-state index contributed by atoms with van der Waals surface area (Å²) in [5.41, 5.74) is 7.05. The fourth-order valence-corrected chi connectivity index (χ4v) is 4.09. The number of rotatable bonds is 5. The van der Waals surface area contributed by atoms with Crippen molar-refractivity contribution < 1.29 is 4.79 Å². The Balaban J connectivity index is 1.50. The number of thiazole rings is 1. The number of benzene rings is 1. The maximum Gasteiger partial charge on any atom is 0.237 e. The van der Waals surface area contributed by atoms with Gasteiger partial charge < -0.3 is 11.1 Å². The topological polar surface area (TPSA) is 68.0 Å². The Bertz CT molecular complexity index is 601. The fraction of sp³-hybridized carbons (Fsp3) is 0.529. The Kier molecular flexibility index (Phi) is 5.05. The second-order valence-electron chi connectivity index (χ2n) is 6.14. The molecule has 118 valence electrons. The zero-order chi connectivity index (χ0) is 15.4. The van der Waals surface area contributed by atoms with Crippen LogP contribution >= 0.6 is 11.3 Å². The molecule has 3 rings (SSSR count). The van der Waals surface area contributed by atoms with Crippen molar-refractivity contribution in [1.29, 1.82) is 0 Å². The van der Waals surface area contributed by atoms with Crippen LogP contribution in [0.3, 0.4) is 0 Å². The minimum absolute atomic E-state index is 0.0511. The number of para-hydroxylation sites is 1. The predicted octanol–water partition coefficient (Wildman–Crippen LogP) is 3.21. The molecule has 1 fully saturated rings. The summed E-state index contributed by atoms with van der Waals surface area (Å²) in [5, 5.41) is 3.86. The van der Waals surface area contributed by atoms with Crippen LogP contribution in [-0.2, 0) is 11.3 Å². The number of hydrogen-bond donors (Lipinski definition) is 2. The molecule has 0 radical (unpaired) electrons. The van der Waals surface area contributed by atoms with Crippen molar-refractivity contribution in [3.05, 3.63) is 29.3 Å². The predicted molar refractivity (Wildman–Crippen MR) is 90.6 cm³/mol. The lowest BCUT2D eigenvalue weighted by atomic mass is 9.85. The number of amides is 1. The van der Waals surface area contributed by atoms with Crippen molar-refractivity contribution in [3.8, 4) is 0 Å². The van der Waals surface area contributed by atoms with Crippen LogP contribution < -0.4 is 11.1 Å². The van der Waals surface area contributed by atoms with Crippen molar-refractivity contribution in [2.24, 2.45) is 11.7 Å². The standard InChI is InChI=1S/C17H23N3OS/c18-13(10-12-6-2-1-3-7-12)17(21)19-11-16-20-14-8-4-5-9-15(14)22-16/h4-5,8-9,12-13H,1-3,6-7,10-11,18H2,(H,19,21). The maximum atomic E-state index is 12.1. The molecule has 1 atom stereocenters. The van der Waals surface area contributed by atoms with E-state index >= 15 is 0 Å². The monoisotopic (exact) mass is 317 g/mol. The molecule has 1 heterocycles. The first-order chi connectivity index (χ1) is 10.7. The molecule has 0 bridgehead atoms. The van der Waals surface area contributed by atoms with E-state index in [1.807, 2.05) is 24.3 Å². The molecule has 0 spiro atoms. The number of nitrogens with one attached hydrogen (secondary N) is 1. The highest BCUT2D eigenvalue weighted by Gasteiger charge is 2.21. The second kappa shape index (κ2) is 7.20. The third-order valence-corrected chi connectivity index (χ3v) is 5.44. The number of aromatic nitrogens is 1. The van der Waals surface area contributed by atoms with Crippen molar-refractivity contribution >= 4 is 27.5 Å². The van der Waals surface area contributed by atoms with Gasteiger partial charge in [0, 0.05) is 0 Å². The number of nitrogens with two attached hydrogens (primary N) is 1. The summed E-state index contributed by atoms with van der Waals surface area (Å²) in [4.78, 5) is 16.7. The number of carbonyl (C=O) groups is 1. The fourth-order valence-electron chi connectivity index (χ4n) is 3.18. The van der Waals surface area contributed by atoms with Gasteiger partial charge in [0.05, 0.1) is 22.8 Å². The van der Waals surface area contributed by atoms with Crippen LogP contribution in [0.15, 0.2) is 24.3 Å². The molecule has 1 aromatic heterocycles. The van der Waals surface area contributed by atoms with Crippen LogP contribution in [0.2, 0.25) is 0 Å². The normalized spacial score (nSPS) is 17.5. The number of nitrogens with zero attached hydrogens (tertiary/aromatic N) is 1. The van der Waals surface area contributed by atoms with Gasteiger partial charge in [0.1, 0.15) is 5.01 Å². The lowest BCUT2D eigenvalue weighted by Gasteiger charge is -2.24. The highest BCUT2D eigenvalue weighted by atomic mass is 32.1. The first-order valence-electron chi connectivity index (χ1n) is 8.10. The number of hydrogen-bond acceptors (Lipinski definition) is 4. The molecule has 1 aromatic carbocycles. The van der Waals surface area contributed by atoms with E-state index < -0.39 is 6.04 Å². The van der Waals surface area contributed by atoms with Crippen LogP contribution in [0, 0.1) is 5.92 Å². The zero-order valence-corrected chi connectivity index (χ0v) is 13.6. The van der Waals surface area contributed by atoms with Gasteiger partial charge in [-0.3, -0.25) is 4.79 Å². The first-order valence-corrected chi connectivity index (χ1v) is 8.92. The Labute approximate surface area is 135 Å². The Morgan fingerprint density at radius 1 is 1.32 bits per heavy atom. The van der Waals surface area contributed by atoms with E-state index in [1.165, 1.54) is 32.1 Å². The van der Waals surface area contributed by atoms with E-state index in [-0.39, 0.29) is 5.91 Å². The van der Waals surface area contributed by atoms with Gasteiger partial charge in [-0.25, -0.2) is 4.98 Å². The molecule has 1 unspecified atom stereocenters. The molecule has 1 saturated carbocycles. The Morgan fingerprint density at radius 2 is 2.09 bits per heavy atom. The van der Waals surface area contributed by atoms with Crippen LogP contribution in [0.25, 0.3) is 10.2 Å².